The fourth-order valence-corrected chi connectivity index (χ4v) is 3.28. The van der Waals surface area contributed by atoms with Gasteiger partial charge in [0.2, 0.25) is 5.89 Å². The van der Waals surface area contributed by atoms with Gasteiger partial charge in [0, 0.05) is 12.0 Å². The summed E-state index contributed by atoms with van der Waals surface area (Å²) in [4.78, 5) is 4.61. The zero-order valence-corrected chi connectivity index (χ0v) is 13.0. The molecule has 4 rings (SSSR count). The lowest BCUT2D eigenvalue weighted by Gasteiger charge is -2.20. The van der Waals surface area contributed by atoms with E-state index in [0.717, 1.165) is 35.4 Å². The van der Waals surface area contributed by atoms with E-state index in [4.69, 9.17) is 9.68 Å². The van der Waals surface area contributed by atoms with Gasteiger partial charge in [-0.05, 0) is 54.7 Å². The Kier molecular flexibility index (Phi) is 3.62. The van der Waals surface area contributed by atoms with E-state index in [-0.39, 0.29) is 11.7 Å². The molecular formula is C20H15FN2O. The van der Waals surface area contributed by atoms with Crippen molar-refractivity contribution in [2.75, 3.05) is 0 Å². The summed E-state index contributed by atoms with van der Waals surface area (Å²) in [5.41, 5.74) is 3.16. The second-order valence-corrected chi connectivity index (χ2v) is 6.08. The van der Waals surface area contributed by atoms with Crippen molar-refractivity contribution in [1.29, 1.82) is 5.26 Å². The van der Waals surface area contributed by atoms with Crippen molar-refractivity contribution < 1.29 is 8.81 Å². The molecule has 4 heteroatoms. The monoisotopic (exact) mass is 318 g/mol. The molecule has 3 nitrogen and oxygen atoms in total. The average molecular weight is 318 g/mol. The van der Waals surface area contributed by atoms with Crippen LogP contribution in [0.4, 0.5) is 4.39 Å². The Morgan fingerprint density at radius 2 is 2.00 bits per heavy atom. The largest absolute Gasteiger partial charge is 0.441 e. The highest BCUT2D eigenvalue weighted by Crippen LogP contribution is 2.35. The number of hydrogen-bond acceptors (Lipinski definition) is 3. The smallest absolute Gasteiger partial charge is 0.226 e. The molecule has 1 unspecified atom stereocenters. The molecular weight excluding hydrogens is 303 g/mol. The van der Waals surface area contributed by atoms with Crippen LogP contribution in [0.3, 0.4) is 0 Å². The highest BCUT2D eigenvalue weighted by Gasteiger charge is 2.26. The summed E-state index contributed by atoms with van der Waals surface area (Å²) in [5, 5.41) is 9.03. The maximum absolute atomic E-state index is 13.7. The molecule has 1 aliphatic rings. The van der Waals surface area contributed by atoms with Gasteiger partial charge in [-0.25, -0.2) is 9.37 Å². The summed E-state index contributed by atoms with van der Waals surface area (Å²) in [7, 11) is 0. The summed E-state index contributed by atoms with van der Waals surface area (Å²) in [6.07, 6.45) is 2.36. The number of aryl methyl sites for hydroxylation is 1. The van der Waals surface area contributed by atoms with Gasteiger partial charge in [0.15, 0.2) is 0 Å². The fraction of sp³-hybridized carbons (Fsp3) is 0.200. The van der Waals surface area contributed by atoms with E-state index in [1.165, 1.54) is 12.1 Å². The van der Waals surface area contributed by atoms with Gasteiger partial charge >= 0.3 is 0 Å². The van der Waals surface area contributed by atoms with Gasteiger partial charge in [-0.3, -0.25) is 0 Å². The number of nitriles is 1. The van der Waals surface area contributed by atoms with Crippen molar-refractivity contribution in [3.63, 3.8) is 0 Å². The second-order valence-electron chi connectivity index (χ2n) is 6.08. The third-order valence-electron chi connectivity index (χ3n) is 4.48. The minimum atomic E-state index is -0.364. The Labute approximate surface area is 139 Å². The first-order chi connectivity index (χ1) is 11.7. The van der Waals surface area contributed by atoms with Crippen molar-refractivity contribution in [1.82, 2.24) is 4.98 Å². The molecule has 0 aliphatic heterocycles. The molecule has 0 radical (unpaired) electrons. The van der Waals surface area contributed by atoms with Gasteiger partial charge in [-0.1, -0.05) is 18.2 Å². The molecule has 0 N–H and O–H groups in total. The van der Waals surface area contributed by atoms with E-state index < -0.39 is 0 Å². The normalized spacial score (nSPS) is 16.4. The number of nitrogens with zero attached hydrogens (tertiary/aromatic N) is 2. The number of oxazole rings is 1. The van der Waals surface area contributed by atoms with Gasteiger partial charge in [-0.2, -0.15) is 5.26 Å². The van der Waals surface area contributed by atoms with Crippen molar-refractivity contribution in [3.05, 3.63) is 76.9 Å². The molecule has 0 saturated carbocycles. The van der Waals surface area contributed by atoms with Crippen LogP contribution in [0, 0.1) is 17.1 Å². The molecule has 3 aromatic rings. The average Bonchev–Trinajstić information content (AvgIpc) is 3.05. The predicted octanol–water partition coefficient (Wildman–Crippen LogP) is 4.62. The molecule has 118 valence electrons. The van der Waals surface area contributed by atoms with Crippen molar-refractivity contribution in [3.8, 4) is 17.5 Å². The standard InChI is InChI=1S/C20H15FN2O/c21-17-9-13(12-22)8-16(10-17)15-6-7-18-19(11-15)24-20(23-18)14-4-2-1-3-5-14/h1-5,8-10,15H,6-7,11H2. The highest BCUT2D eigenvalue weighted by atomic mass is 19.1. The Bertz CT molecular complexity index is 925. The molecule has 1 aromatic heterocycles. The molecule has 2 aromatic carbocycles. The van der Waals surface area contributed by atoms with Crippen LogP contribution in [-0.2, 0) is 12.8 Å². The topological polar surface area (TPSA) is 49.8 Å². The Morgan fingerprint density at radius 3 is 2.79 bits per heavy atom. The molecule has 1 heterocycles. The Hall–Kier alpha value is -2.93. The van der Waals surface area contributed by atoms with Crippen molar-refractivity contribution >= 4 is 0 Å². The minimum absolute atomic E-state index is 0.150. The van der Waals surface area contributed by atoms with Crippen LogP contribution in [-0.4, -0.2) is 4.98 Å². The van der Waals surface area contributed by atoms with Crippen LogP contribution in [0.15, 0.2) is 52.9 Å². The predicted molar refractivity (Wildman–Crippen MR) is 87.8 cm³/mol. The summed E-state index contributed by atoms with van der Waals surface area (Å²) in [6.45, 7) is 0. The summed E-state index contributed by atoms with van der Waals surface area (Å²) < 4.78 is 19.7. The first kappa shape index (κ1) is 14.6. The van der Waals surface area contributed by atoms with Gasteiger partial charge in [0.05, 0.1) is 17.3 Å². The van der Waals surface area contributed by atoms with Crippen molar-refractivity contribution in [2.24, 2.45) is 0 Å². The number of benzene rings is 2. The first-order valence-corrected chi connectivity index (χ1v) is 7.97. The lowest BCUT2D eigenvalue weighted by Crippen LogP contribution is -2.12. The SMILES string of the molecule is N#Cc1cc(F)cc(C2CCc3nc(-c4ccccc4)oc3C2)c1. The van der Waals surface area contributed by atoms with Crippen LogP contribution >= 0.6 is 0 Å². The van der Waals surface area contributed by atoms with E-state index in [0.29, 0.717) is 17.9 Å². The molecule has 0 amide bonds. The second kappa shape index (κ2) is 5.93. The molecule has 24 heavy (non-hydrogen) atoms. The van der Waals surface area contributed by atoms with Gasteiger partial charge in [-0.15, -0.1) is 0 Å². The van der Waals surface area contributed by atoms with Crippen LogP contribution in [0.1, 0.15) is 34.9 Å². The van der Waals surface area contributed by atoms with E-state index >= 15 is 0 Å². The van der Waals surface area contributed by atoms with Crippen LogP contribution < -0.4 is 0 Å². The van der Waals surface area contributed by atoms with E-state index in [1.807, 2.05) is 36.4 Å². The third-order valence-corrected chi connectivity index (χ3v) is 4.48. The summed E-state index contributed by atoms with van der Waals surface area (Å²) in [5.74, 6) is 1.29. The molecule has 1 aliphatic carbocycles. The van der Waals surface area contributed by atoms with E-state index in [9.17, 15) is 4.39 Å². The quantitative estimate of drug-likeness (QED) is 0.692. The molecule has 0 bridgehead atoms. The Morgan fingerprint density at radius 1 is 1.17 bits per heavy atom. The molecule has 1 atom stereocenters. The van der Waals surface area contributed by atoms with Gasteiger partial charge in [0.25, 0.3) is 0 Å². The minimum Gasteiger partial charge on any atom is -0.441 e. The number of hydrogen-bond donors (Lipinski definition) is 0. The fourth-order valence-electron chi connectivity index (χ4n) is 3.28. The maximum Gasteiger partial charge on any atom is 0.226 e. The molecule has 0 spiro atoms. The van der Waals surface area contributed by atoms with E-state index in [2.05, 4.69) is 4.98 Å². The summed E-state index contributed by atoms with van der Waals surface area (Å²) >= 11 is 0. The maximum atomic E-state index is 13.7. The van der Waals surface area contributed by atoms with Gasteiger partial charge in [0.1, 0.15) is 11.6 Å². The molecule has 0 saturated heterocycles. The van der Waals surface area contributed by atoms with Crippen LogP contribution in [0.5, 0.6) is 0 Å². The van der Waals surface area contributed by atoms with Crippen molar-refractivity contribution in [2.45, 2.75) is 25.2 Å². The zero-order valence-electron chi connectivity index (χ0n) is 13.0. The lowest BCUT2D eigenvalue weighted by atomic mass is 9.84. The first-order valence-electron chi connectivity index (χ1n) is 7.97. The summed E-state index contributed by atoms with van der Waals surface area (Å²) in [6, 6.07) is 16.4. The third kappa shape index (κ3) is 2.69. The lowest BCUT2D eigenvalue weighted by molar-refractivity contribution is 0.457. The van der Waals surface area contributed by atoms with Crippen LogP contribution in [0.2, 0.25) is 0 Å². The highest BCUT2D eigenvalue weighted by molar-refractivity contribution is 5.53. The van der Waals surface area contributed by atoms with E-state index in [1.54, 1.807) is 6.07 Å². The number of rotatable bonds is 2. The van der Waals surface area contributed by atoms with Crippen LogP contribution in [0.25, 0.3) is 11.5 Å². The number of fused-ring (bicyclic) bond motifs is 1. The zero-order chi connectivity index (χ0) is 16.5. The number of aromatic nitrogens is 1. The Balaban J connectivity index is 1.64. The molecule has 0 fully saturated rings. The van der Waals surface area contributed by atoms with Gasteiger partial charge < -0.3 is 4.42 Å². The number of halogens is 1.